The quantitative estimate of drug-likeness (QED) is 0.102. The number of fused-ring (bicyclic) bond motifs is 18. The molecule has 0 radical (unpaired) electrons. The van der Waals surface area contributed by atoms with Gasteiger partial charge in [-0.1, -0.05) is 310 Å². The van der Waals surface area contributed by atoms with Gasteiger partial charge in [0, 0.05) is 88.3 Å². The Balaban J connectivity index is 0.000000112. The van der Waals surface area contributed by atoms with Gasteiger partial charge in [0.2, 0.25) is 0 Å². The van der Waals surface area contributed by atoms with Gasteiger partial charge in [0.1, 0.15) is 127 Å². The Labute approximate surface area is 769 Å². The fourth-order valence-corrected chi connectivity index (χ4v) is 20.4. The highest BCUT2D eigenvalue weighted by atomic mass is 19.1. The van der Waals surface area contributed by atoms with Gasteiger partial charge in [0.25, 0.3) is 23.3 Å². The first-order chi connectivity index (χ1) is 62.9. The van der Waals surface area contributed by atoms with E-state index < -0.39 is 0 Å². The van der Waals surface area contributed by atoms with E-state index in [4.69, 9.17) is 8.83 Å². The van der Waals surface area contributed by atoms with E-state index in [1.807, 2.05) is 12.1 Å². The Morgan fingerprint density at radius 1 is 0.260 bits per heavy atom. The highest BCUT2D eigenvalue weighted by Gasteiger charge is 2.40. The number of benzene rings is 14. The van der Waals surface area contributed by atoms with E-state index in [0.29, 0.717) is 42.1 Å². The zero-order valence-electron chi connectivity index (χ0n) is 75.5. The summed E-state index contributed by atoms with van der Waals surface area (Å²) in [6.07, 6.45) is 17.6. The summed E-state index contributed by atoms with van der Waals surface area (Å²) in [6.45, 7) is 30.7. The summed E-state index contributed by atoms with van der Waals surface area (Å²) in [5, 5.41) is 4.80. The molecular formula is C120H115FN8O2+4. The molecule has 0 atom stereocenters. The minimum absolute atomic E-state index is 0. The van der Waals surface area contributed by atoms with E-state index in [1.54, 1.807) is 12.1 Å². The third kappa shape index (κ3) is 15.2. The van der Waals surface area contributed by atoms with Gasteiger partial charge in [-0.05, 0) is 154 Å². The van der Waals surface area contributed by atoms with E-state index in [0.717, 1.165) is 64.6 Å². The zero-order valence-corrected chi connectivity index (χ0v) is 75.5. The topological polar surface area (TPSA) is 61.5 Å². The van der Waals surface area contributed by atoms with Crippen molar-refractivity contribution < 1.29 is 31.5 Å². The predicted molar refractivity (Wildman–Crippen MR) is 536 cm³/mol. The Bertz CT molecular complexity index is 7550. The van der Waals surface area contributed by atoms with Crippen LogP contribution in [0.2, 0.25) is 0 Å². The van der Waals surface area contributed by atoms with Crippen LogP contribution in [0, 0.1) is 5.82 Å². The number of furan rings is 2. The molecule has 0 saturated heterocycles. The molecule has 650 valence electrons. The molecule has 0 N–H and O–H groups in total. The van der Waals surface area contributed by atoms with Crippen LogP contribution < -0.4 is 18.3 Å². The van der Waals surface area contributed by atoms with Crippen LogP contribution in [-0.2, 0) is 26.2 Å². The minimum Gasteiger partial charge on any atom is -0.456 e. The van der Waals surface area contributed by atoms with Gasteiger partial charge in [-0.25, -0.2) is 22.7 Å². The van der Waals surface area contributed by atoms with Gasteiger partial charge in [-0.2, -0.15) is 18.3 Å². The number of hydrogen-bond acceptors (Lipinski definition) is 2. The van der Waals surface area contributed by atoms with Crippen LogP contribution in [-0.4, -0.2) is 18.3 Å². The molecule has 20 aromatic rings. The van der Waals surface area contributed by atoms with E-state index in [1.165, 1.54) is 167 Å². The molecule has 4 aliphatic rings. The molecule has 14 aromatic carbocycles. The monoisotopic (exact) mass is 1720 g/mol. The smallest absolute Gasteiger partial charge is 0.294 e. The van der Waals surface area contributed by atoms with Crippen LogP contribution in [0.3, 0.4) is 0 Å². The van der Waals surface area contributed by atoms with E-state index in [-0.39, 0.29) is 20.7 Å². The summed E-state index contributed by atoms with van der Waals surface area (Å²) in [5.41, 5.74) is 36.9. The number of halogens is 1. The second-order valence-corrected chi connectivity index (χ2v) is 37.0. The van der Waals surface area contributed by atoms with Crippen molar-refractivity contribution in [3.63, 3.8) is 0 Å². The van der Waals surface area contributed by atoms with Crippen LogP contribution in [0.4, 0.5) is 4.39 Å². The SMILES string of the molecule is C.C.CC(C)c1cc(-c2ccccc2)c(-n2cc[n+]3c2-c2ccc(F)cc2C3)c(-c2ccccc2)c1.CC(C)c1cc(-c2ccccc2)c(-n2cc[n+]3c2-c2ccccc2C3)c(-c2ccccc2)c1.CC(C)c1cc2c(oc3ccccc32)c(C(C)C)c1-n1cc[n+]2c1-c1ccccc1C2.CC(C)c1cccc(C(C)C)c1-n1cc[n+]2c1-c1cc3c(cc1C2)oc1ccccc13. The summed E-state index contributed by atoms with van der Waals surface area (Å²) in [7, 11) is 0. The van der Waals surface area contributed by atoms with Gasteiger partial charge in [-0.15, -0.1) is 0 Å². The predicted octanol–water partition coefficient (Wildman–Crippen LogP) is 29.8. The van der Waals surface area contributed by atoms with Crippen molar-refractivity contribution in [2.75, 3.05) is 0 Å². The van der Waals surface area contributed by atoms with Crippen molar-refractivity contribution in [2.45, 2.75) is 160 Å². The van der Waals surface area contributed by atoms with Crippen LogP contribution >= 0.6 is 0 Å². The van der Waals surface area contributed by atoms with Crippen molar-refractivity contribution in [2.24, 2.45) is 0 Å². The van der Waals surface area contributed by atoms with Crippen molar-refractivity contribution in [1.29, 1.82) is 0 Å². The van der Waals surface area contributed by atoms with Crippen molar-refractivity contribution in [3.8, 4) is 113 Å². The summed E-state index contributed by atoms with van der Waals surface area (Å²) in [6, 6.07) is 105. The van der Waals surface area contributed by atoms with Crippen molar-refractivity contribution in [3.05, 3.63) is 408 Å². The molecule has 24 rings (SSSR count). The van der Waals surface area contributed by atoms with Crippen LogP contribution in [0.25, 0.3) is 157 Å². The zero-order chi connectivity index (χ0) is 88.1. The third-order valence-corrected chi connectivity index (χ3v) is 26.8. The Hall–Kier alpha value is -14.6. The lowest BCUT2D eigenvalue weighted by molar-refractivity contribution is -0.671. The maximum Gasteiger partial charge on any atom is 0.294 e. The molecule has 0 saturated carbocycles. The van der Waals surface area contributed by atoms with E-state index in [2.05, 4.69) is 442 Å². The summed E-state index contributed by atoms with van der Waals surface area (Å²) in [4.78, 5) is 0. The molecule has 11 heteroatoms. The normalized spacial score (nSPS) is 12.3. The standard InChI is InChI=1S/C31H26FN2.C31H27N2.2C28H27N2O.2CH4/c1-21(2)24-18-28(22-9-5-3-6-10-22)30(29(19-24)23-11-7-4-8-12-23)34-16-15-33-20-25-17-26(32)13-14-27(25)31(33)34;1-22(2)26-19-28(23-11-5-3-6-12-23)30(29(20-26)24-13-7-4-8-14-24)33-18-17-32-21-25-15-9-10-16-27(25)31(32)33;1-17(2)22-15-23-21-11-7-8-12-24(21)31-27(23)25(18(3)4)26(22)30-14-13-29-16-19-9-5-6-10-20(19)28(29)30;1-17(2)20-9-7-10-21(18(3)4)27(20)30-13-12-29-16-19-14-26-24(15-23(19)28(29)30)22-8-5-6-11-25(22)31-26;;/h3-19,21H,20H2,1-2H3;3-20,22H,21H2,1-2H3;2*5-15,17-18H,16H2,1-4H3;2*1H4/q4*+1;;. The fourth-order valence-electron chi connectivity index (χ4n) is 20.4. The van der Waals surface area contributed by atoms with Crippen molar-refractivity contribution >= 4 is 43.9 Å². The van der Waals surface area contributed by atoms with Gasteiger partial charge in [-0.3, -0.25) is 0 Å². The number of nitrogens with zero attached hydrogens (tertiary/aromatic N) is 8. The Morgan fingerprint density at radius 2 is 0.618 bits per heavy atom. The average Bonchev–Trinajstić information content (AvgIpc) is 1.56. The number of rotatable bonds is 14. The number of imidazole rings is 4. The second kappa shape index (κ2) is 35.1. The Kier molecular flexibility index (Phi) is 23.0. The van der Waals surface area contributed by atoms with Crippen LogP contribution in [0.1, 0.15) is 189 Å². The number of hydrogen-bond donors (Lipinski definition) is 0. The van der Waals surface area contributed by atoms with E-state index in [9.17, 15) is 4.39 Å². The van der Waals surface area contributed by atoms with Gasteiger partial charge < -0.3 is 8.83 Å². The maximum absolute atomic E-state index is 14.0. The lowest BCUT2D eigenvalue weighted by Crippen LogP contribution is -2.30. The highest BCUT2D eigenvalue weighted by molar-refractivity contribution is 6.08. The molecule has 0 aliphatic carbocycles. The molecular weight excluding hydrogens is 1600 g/mol. The summed E-state index contributed by atoms with van der Waals surface area (Å²) < 4.78 is 45.5. The molecule has 0 amide bonds. The third-order valence-electron chi connectivity index (χ3n) is 26.8. The molecule has 0 fully saturated rings. The second-order valence-electron chi connectivity index (χ2n) is 37.0. The molecule has 10 heterocycles. The summed E-state index contributed by atoms with van der Waals surface area (Å²) in [5.74, 6) is 7.14. The van der Waals surface area contributed by atoms with Gasteiger partial charge in [0.05, 0.1) is 22.3 Å². The fraction of sp³-hybridized carbons (Fsp3) is 0.200. The highest BCUT2D eigenvalue weighted by Crippen LogP contribution is 2.48. The lowest BCUT2D eigenvalue weighted by Gasteiger charge is -2.18. The number of aromatic nitrogens is 8. The molecule has 0 spiro atoms. The van der Waals surface area contributed by atoms with Crippen LogP contribution in [0.15, 0.2) is 356 Å². The number of para-hydroxylation sites is 3. The Morgan fingerprint density at radius 3 is 1.05 bits per heavy atom. The molecule has 6 aromatic heterocycles. The lowest BCUT2D eigenvalue weighted by atomic mass is 9.89. The average molecular weight is 1720 g/mol. The summed E-state index contributed by atoms with van der Waals surface area (Å²) >= 11 is 0. The molecule has 0 unspecified atom stereocenters. The molecule has 0 bridgehead atoms. The first kappa shape index (κ1) is 85.9. The molecule has 10 nitrogen and oxygen atoms in total. The van der Waals surface area contributed by atoms with Gasteiger partial charge >= 0.3 is 0 Å². The first-order valence-corrected chi connectivity index (χ1v) is 45.9. The molecule has 4 aliphatic heterocycles. The van der Waals surface area contributed by atoms with E-state index >= 15 is 0 Å². The van der Waals surface area contributed by atoms with Crippen LogP contribution in [0.5, 0.6) is 0 Å². The van der Waals surface area contributed by atoms with Crippen molar-refractivity contribution in [1.82, 2.24) is 18.3 Å². The van der Waals surface area contributed by atoms with Gasteiger partial charge in [0.15, 0.2) is 0 Å². The maximum atomic E-state index is 14.0. The minimum atomic E-state index is -0.188. The molecule has 131 heavy (non-hydrogen) atoms. The largest absolute Gasteiger partial charge is 0.456 e. The first-order valence-electron chi connectivity index (χ1n) is 45.9.